The zero-order chi connectivity index (χ0) is 12.5. The van der Waals surface area contributed by atoms with Gasteiger partial charge in [-0.05, 0) is 18.1 Å². The Morgan fingerprint density at radius 2 is 2.11 bits per heavy atom. The molecule has 0 aromatic heterocycles. The van der Waals surface area contributed by atoms with E-state index >= 15 is 0 Å². The number of benzene rings is 1. The van der Waals surface area contributed by atoms with Crippen molar-refractivity contribution in [2.45, 2.75) is 6.42 Å². The number of cyclic esters (lactones) is 1. The first-order chi connectivity index (χ1) is 8.75. The Morgan fingerprint density at radius 1 is 1.28 bits per heavy atom. The quantitative estimate of drug-likeness (QED) is 0.783. The third-order valence-electron chi connectivity index (χ3n) is 3.36. The predicted octanol–water partition coefficient (Wildman–Crippen LogP) is 1.03. The highest BCUT2D eigenvalue weighted by Gasteiger charge is 2.29. The molecular weight excluding hydrogens is 232 g/mol. The van der Waals surface area contributed by atoms with Gasteiger partial charge in [0.1, 0.15) is 13.2 Å². The van der Waals surface area contributed by atoms with Crippen molar-refractivity contribution in [2.75, 3.05) is 31.1 Å². The molecule has 0 radical (unpaired) electrons. The van der Waals surface area contributed by atoms with Crippen LogP contribution in [0.2, 0.25) is 0 Å². The zero-order valence-corrected chi connectivity index (χ0v) is 9.96. The van der Waals surface area contributed by atoms with Crippen molar-refractivity contribution in [2.24, 2.45) is 0 Å². The molecule has 2 heterocycles. The van der Waals surface area contributed by atoms with Crippen LogP contribution < -0.4 is 4.90 Å². The SMILES string of the molecule is O=C1OCCN1CC(=O)N1CCc2ccccc21. The standard InChI is InChI=1S/C13H14N2O3/c16-12(9-14-7-8-18-13(14)17)15-6-5-10-3-1-2-4-11(10)15/h1-4H,5-9H2. The highest BCUT2D eigenvalue weighted by atomic mass is 16.6. The fraction of sp³-hybridized carbons (Fsp3) is 0.385. The number of hydrogen-bond donors (Lipinski definition) is 0. The van der Waals surface area contributed by atoms with Gasteiger partial charge in [0.15, 0.2) is 0 Å². The molecule has 3 rings (SSSR count). The number of ether oxygens (including phenoxy) is 1. The van der Waals surface area contributed by atoms with Crippen molar-refractivity contribution in [1.29, 1.82) is 0 Å². The van der Waals surface area contributed by atoms with Crippen LogP contribution in [0.25, 0.3) is 0 Å². The lowest BCUT2D eigenvalue weighted by atomic mass is 10.2. The van der Waals surface area contributed by atoms with E-state index in [2.05, 4.69) is 0 Å². The number of carbonyl (C=O) groups is 2. The Bertz CT molecular complexity index is 501. The normalized spacial score (nSPS) is 17.9. The lowest BCUT2D eigenvalue weighted by Gasteiger charge is -2.20. The summed E-state index contributed by atoms with van der Waals surface area (Å²) in [6, 6.07) is 7.88. The first-order valence-corrected chi connectivity index (χ1v) is 6.06. The molecule has 0 saturated carbocycles. The van der Waals surface area contributed by atoms with Gasteiger partial charge in [-0.1, -0.05) is 18.2 Å². The molecule has 1 aromatic rings. The number of rotatable bonds is 2. The Kier molecular flexibility index (Phi) is 2.66. The summed E-state index contributed by atoms with van der Waals surface area (Å²) in [6.07, 6.45) is 0.489. The van der Waals surface area contributed by atoms with Crippen LogP contribution >= 0.6 is 0 Å². The van der Waals surface area contributed by atoms with Crippen molar-refractivity contribution in [3.05, 3.63) is 29.8 Å². The van der Waals surface area contributed by atoms with Crippen molar-refractivity contribution in [3.63, 3.8) is 0 Å². The van der Waals surface area contributed by atoms with Gasteiger partial charge in [0.05, 0.1) is 6.54 Å². The average molecular weight is 246 g/mol. The monoisotopic (exact) mass is 246 g/mol. The number of hydrogen-bond acceptors (Lipinski definition) is 3. The van der Waals surface area contributed by atoms with E-state index in [1.165, 1.54) is 10.5 Å². The third kappa shape index (κ3) is 1.81. The Labute approximate surface area is 105 Å². The van der Waals surface area contributed by atoms with E-state index in [-0.39, 0.29) is 12.5 Å². The van der Waals surface area contributed by atoms with E-state index in [9.17, 15) is 9.59 Å². The molecule has 0 aliphatic carbocycles. The lowest BCUT2D eigenvalue weighted by molar-refractivity contribution is -0.119. The summed E-state index contributed by atoms with van der Waals surface area (Å²) in [5.74, 6) is -0.0428. The topological polar surface area (TPSA) is 49.9 Å². The summed E-state index contributed by atoms with van der Waals surface area (Å²) in [5.41, 5.74) is 2.16. The van der Waals surface area contributed by atoms with Crippen LogP contribution in [0.5, 0.6) is 0 Å². The summed E-state index contributed by atoms with van der Waals surface area (Å²) < 4.78 is 4.81. The third-order valence-corrected chi connectivity index (χ3v) is 3.36. The van der Waals surface area contributed by atoms with E-state index in [4.69, 9.17) is 4.74 Å². The second-order valence-corrected chi connectivity index (χ2v) is 4.46. The molecule has 2 amide bonds. The van der Waals surface area contributed by atoms with Crippen LogP contribution in [-0.4, -0.2) is 43.1 Å². The summed E-state index contributed by atoms with van der Waals surface area (Å²) in [4.78, 5) is 26.7. The molecule has 0 unspecified atom stereocenters. The van der Waals surface area contributed by atoms with Gasteiger partial charge in [0, 0.05) is 12.2 Å². The van der Waals surface area contributed by atoms with Gasteiger partial charge in [0.25, 0.3) is 0 Å². The van der Waals surface area contributed by atoms with Crippen LogP contribution in [0.4, 0.5) is 10.5 Å². The maximum Gasteiger partial charge on any atom is 0.410 e. The van der Waals surface area contributed by atoms with E-state index < -0.39 is 6.09 Å². The fourth-order valence-electron chi connectivity index (χ4n) is 2.42. The zero-order valence-electron chi connectivity index (χ0n) is 9.96. The highest BCUT2D eigenvalue weighted by molar-refractivity contribution is 5.98. The molecule has 1 saturated heterocycles. The molecule has 1 fully saturated rings. The van der Waals surface area contributed by atoms with Crippen molar-refractivity contribution >= 4 is 17.7 Å². The van der Waals surface area contributed by atoms with E-state index in [1.54, 1.807) is 4.90 Å². The second-order valence-electron chi connectivity index (χ2n) is 4.46. The van der Waals surface area contributed by atoms with Crippen LogP contribution in [-0.2, 0) is 16.0 Å². The Hall–Kier alpha value is -2.04. The molecule has 2 aliphatic heterocycles. The van der Waals surface area contributed by atoms with Gasteiger partial charge >= 0.3 is 6.09 Å². The Balaban J connectivity index is 1.73. The molecule has 0 bridgehead atoms. The Morgan fingerprint density at radius 3 is 2.89 bits per heavy atom. The molecule has 1 aromatic carbocycles. The number of carbonyl (C=O) groups excluding carboxylic acids is 2. The van der Waals surface area contributed by atoms with Crippen LogP contribution in [0.3, 0.4) is 0 Å². The number of fused-ring (bicyclic) bond motifs is 1. The summed E-state index contributed by atoms with van der Waals surface area (Å²) in [7, 11) is 0. The fourth-order valence-corrected chi connectivity index (χ4v) is 2.42. The number of para-hydroxylation sites is 1. The summed E-state index contributed by atoms with van der Waals surface area (Å²) in [6.45, 7) is 1.68. The summed E-state index contributed by atoms with van der Waals surface area (Å²) >= 11 is 0. The predicted molar refractivity (Wildman–Crippen MR) is 65.4 cm³/mol. The lowest BCUT2D eigenvalue weighted by Crippen LogP contribution is -2.40. The van der Waals surface area contributed by atoms with Crippen LogP contribution in [0.15, 0.2) is 24.3 Å². The van der Waals surface area contributed by atoms with Gasteiger partial charge in [0.2, 0.25) is 5.91 Å². The van der Waals surface area contributed by atoms with Crippen LogP contribution in [0, 0.1) is 0 Å². The first-order valence-electron chi connectivity index (χ1n) is 6.06. The minimum absolute atomic E-state index is 0.0428. The van der Waals surface area contributed by atoms with E-state index in [0.717, 1.165) is 12.1 Å². The first kappa shape index (κ1) is 11.1. The van der Waals surface area contributed by atoms with Crippen molar-refractivity contribution in [1.82, 2.24) is 4.90 Å². The summed E-state index contributed by atoms with van der Waals surface area (Å²) in [5, 5.41) is 0. The minimum atomic E-state index is -0.393. The largest absolute Gasteiger partial charge is 0.448 e. The van der Waals surface area contributed by atoms with Gasteiger partial charge in [-0.25, -0.2) is 4.79 Å². The highest BCUT2D eigenvalue weighted by Crippen LogP contribution is 2.27. The minimum Gasteiger partial charge on any atom is -0.448 e. The molecule has 5 nitrogen and oxygen atoms in total. The van der Waals surface area contributed by atoms with E-state index in [0.29, 0.717) is 19.7 Å². The molecular formula is C13H14N2O3. The second kappa shape index (κ2) is 4.33. The molecule has 0 atom stereocenters. The van der Waals surface area contributed by atoms with E-state index in [1.807, 2.05) is 24.3 Å². The van der Waals surface area contributed by atoms with Gasteiger partial charge in [-0.2, -0.15) is 0 Å². The maximum atomic E-state index is 12.2. The molecule has 2 aliphatic rings. The molecule has 0 N–H and O–H groups in total. The van der Waals surface area contributed by atoms with Crippen molar-refractivity contribution < 1.29 is 14.3 Å². The number of nitrogens with zero attached hydrogens (tertiary/aromatic N) is 2. The number of amides is 2. The van der Waals surface area contributed by atoms with Gasteiger partial charge in [-0.15, -0.1) is 0 Å². The van der Waals surface area contributed by atoms with Gasteiger partial charge in [-0.3, -0.25) is 9.69 Å². The molecule has 5 heteroatoms. The molecule has 94 valence electrons. The molecule has 0 spiro atoms. The smallest absolute Gasteiger partial charge is 0.410 e. The maximum absolute atomic E-state index is 12.2. The van der Waals surface area contributed by atoms with Gasteiger partial charge < -0.3 is 9.64 Å². The van der Waals surface area contributed by atoms with Crippen LogP contribution in [0.1, 0.15) is 5.56 Å². The molecule has 18 heavy (non-hydrogen) atoms. The number of anilines is 1. The average Bonchev–Trinajstić information content (AvgIpc) is 2.96. The van der Waals surface area contributed by atoms with Crippen molar-refractivity contribution in [3.8, 4) is 0 Å².